The summed E-state index contributed by atoms with van der Waals surface area (Å²) < 4.78 is 24.2. The highest BCUT2D eigenvalue weighted by atomic mass is 32.2. The average Bonchev–Trinajstić information content (AvgIpc) is 2.36. The summed E-state index contributed by atoms with van der Waals surface area (Å²) in [7, 11) is -3.32. The molecule has 0 radical (unpaired) electrons. The van der Waals surface area contributed by atoms with Gasteiger partial charge in [-0.15, -0.1) is 0 Å². The van der Waals surface area contributed by atoms with E-state index in [4.69, 9.17) is 5.11 Å². The van der Waals surface area contributed by atoms with Crippen LogP contribution in [0, 0.1) is 0 Å². The van der Waals surface area contributed by atoms with E-state index in [0.29, 0.717) is 5.69 Å². The lowest BCUT2D eigenvalue weighted by atomic mass is 9.74. The van der Waals surface area contributed by atoms with Crippen LogP contribution in [0.5, 0.6) is 0 Å². The highest BCUT2D eigenvalue weighted by molar-refractivity contribution is 7.91. The molecule has 0 atom stereocenters. The third kappa shape index (κ3) is 2.95. The van der Waals surface area contributed by atoms with Crippen LogP contribution in [0.1, 0.15) is 32.6 Å². The summed E-state index contributed by atoms with van der Waals surface area (Å²) in [5, 5.41) is 12.2. The number of aliphatic carboxylic acids is 1. The van der Waals surface area contributed by atoms with E-state index in [1.54, 1.807) is 31.2 Å². The van der Waals surface area contributed by atoms with E-state index in [1.807, 2.05) is 0 Å². The molecular formula is C14H19NO4S. The van der Waals surface area contributed by atoms with Crippen LogP contribution in [-0.4, -0.2) is 30.8 Å². The number of carboxylic acids is 1. The zero-order chi connectivity index (χ0) is 14.8. The smallest absolute Gasteiger partial charge is 0.305 e. The number of hydrogen-bond donors (Lipinski definition) is 2. The predicted molar refractivity (Wildman–Crippen MR) is 76.6 cm³/mol. The molecule has 1 fully saturated rings. The highest BCUT2D eigenvalue weighted by Gasteiger charge is 2.39. The van der Waals surface area contributed by atoms with Gasteiger partial charge in [-0.05, 0) is 31.4 Å². The first-order valence-corrected chi connectivity index (χ1v) is 8.35. The fraction of sp³-hybridized carbons (Fsp3) is 0.500. The van der Waals surface area contributed by atoms with Crippen LogP contribution in [0.3, 0.4) is 0 Å². The number of nitrogens with one attached hydrogen (secondary N) is 1. The minimum Gasteiger partial charge on any atom is -0.481 e. The van der Waals surface area contributed by atoms with Gasteiger partial charge in [0.05, 0.1) is 22.8 Å². The molecule has 110 valence electrons. The van der Waals surface area contributed by atoms with Gasteiger partial charge in [0.15, 0.2) is 9.84 Å². The van der Waals surface area contributed by atoms with Gasteiger partial charge in [0.1, 0.15) is 0 Å². The number of anilines is 1. The van der Waals surface area contributed by atoms with E-state index in [9.17, 15) is 13.2 Å². The van der Waals surface area contributed by atoms with Gasteiger partial charge in [0, 0.05) is 5.54 Å². The third-order valence-electron chi connectivity index (χ3n) is 3.80. The summed E-state index contributed by atoms with van der Waals surface area (Å²) >= 11 is 0. The molecule has 1 aromatic carbocycles. The second-order valence-corrected chi connectivity index (χ2v) is 7.48. The van der Waals surface area contributed by atoms with Crippen molar-refractivity contribution in [3.63, 3.8) is 0 Å². The Labute approximate surface area is 118 Å². The van der Waals surface area contributed by atoms with Crippen molar-refractivity contribution < 1.29 is 18.3 Å². The average molecular weight is 297 g/mol. The van der Waals surface area contributed by atoms with Crippen LogP contribution in [0.15, 0.2) is 29.2 Å². The summed E-state index contributed by atoms with van der Waals surface area (Å²) in [6, 6.07) is 6.70. The lowest BCUT2D eigenvalue weighted by Crippen LogP contribution is -2.47. The maximum atomic E-state index is 12.1. The van der Waals surface area contributed by atoms with Gasteiger partial charge < -0.3 is 10.4 Å². The SMILES string of the molecule is CCS(=O)(=O)c1ccccc1NC1(CC(=O)O)CCC1. The predicted octanol–water partition coefficient (Wildman–Crippen LogP) is 2.29. The largest absolute Gasteiger partial charge is 0.481 e. The third-order valence-corrected chi connectivity index (χ3v) is 5.59. The Kier molecular flexibility index (Phi) is 4.04. The maximum absolute atomic E-state index is 12.1. The number of carboxylic acid groups (broad SMARTS) is 1. The number of carbonyl (C=O) groups is 1. The molecule has 0 saturated heterocycles. The van der Waals surface area contributed by atoms with Gasteiger partial charge in [0.25, 0.3) is 0 Å². The van der Waals surface area contributed by atoms with Crippen molar-refractivity contribution in [2.75, 3.05) is 11.1 Å². The molecule has 0 amide bonds. The molecule has 20 heavy (non-hydrogen) atoms. The minimum absolute atomic E-state index is 0.00745. The first kappa shape index (κ1) is 14.8. The molecular weight excluding hydrogens is 278 g/mol. The van der Waals surface area contributed by atoms with Crippen molar-refractivity contribution in [1.29, 1.82) is 0 Å². The molecule has 1 saturated carbocycles. The molecule has 1 aromatic rings. The Morgan fingerprint density at radius 1 is 1.35 bits per heavy atom. The van der Waals surface area contributed by atoms with Crippen molar-refractivity contribution >= 4 is 21.5 Å². The molecule has 0 heterocycles. The second-order valence-electron chi connectivity index (χ2n) is 5.23. The fourth-order valence-electron chi connectivity index (χ4n) is 2.52. The van der Waals surface area contributed by atoms with E-state index < -0.39 is 21.3 Å². The molecule has 0 aromatic heterocycles. The van der Waals surface area contributed by atoms with Gasteiger partial charge in [-0.2, -0.15) is 0 Å². The van der Waals surface area contributed by atoms with Crippen LogP contribution in [0.2, 0.25) is 0 Å². The summed E-state index contributed by atoms with van der Waals surface area (Å²) in [6.45, 7) is 1.60. The Morgan fingerprint density at radius 2 is 2.00 bits per heavy atom. The first-order valence-electron chi connectivity index (χ1n) is 6.70. The molecule has 0 bridgehead atoms. The standard InChI is InChI=1S/C14H19NO4S/c1-2-20(18,19)12-7-4-3-6-11(12)15-14(8-5-9-14)10-13(16)17/h3-4,6-7,15H,2,5,8-10H2,1H3,(H,16,17). The Balaban J connectivity index is 2.32. The van der Waals surface area contributed by atoms with Crippen molar-refractivity contribution in [2.24, 2.45) is 0 Å². The van der Waals surface area contributed by atoms with Crippen molar-refractivity contribution in [2.45, 2.75) is 43.0 Å². The van der Waals surface area contributed by atoms with Crippen LogP contribution < -0.4 is 5.32 Å². The molecule has 6 heteroatoms. The fourth-order valence-corrected chi connectivity index (χ4v) is 3.57. The number of sulfone groups is 1. The Morgan fingerprint density at radius 3 is 2.50 bits per heavy atom. The van der Waals surface area contributed by atoms with Crippen LogP contribution in [0.25, 0.3) is 0 Å². The monoisotopic (exact) mass is 297 g/mol. The first-order chi connectivity index (χ1) is 9.38. The number of para-hydroxylation sites is 1. The summed E-state index contributed by atoms with van der Waals surface area (Å²) in [5.41, 5.74) is 0.000805. The van der Waals surface area contributed by atoms with E-state index in [1.165, 1.54) is 0 Å². The van der Waals surface area contributed by atoms with E-state index in [0.717, 1.165) is 19.3 Å². The molecule has 0 aliphatic heterocycles. The summed E-state index contributed by atoms with van der Waals surface area (Å²) in [6.07, 6.45) is 2.47. The second kappa shape index (κ2) is 5.44. The van der Waals surface area contributed by atoms with E-state index >= 15 is 0 Å². The van der Waals surface area contributed by atoms with Crippen LogP contribution in [-0.2, 0) is 14.6 Å². The maximum Gasteiger partial charge on any atom is 0.305 e. The molecule has 2 N–H and O–H groups in total. The van der Waals surface area contributed by atoms with Crippen molar-refractivity contribution in [3.05, 3.63) is 24.3 Å². The number of rotatable bonds is 6. The molecule has 0 spiro atoms. The summed E-state index contributed by atoms with van der Waals surface area (Å²) in [5.74, 6) is -0.842. The number of hydrogen-bond acceptors (Lipinski definition) is 4. The van der Waals surface area contributed by atoms with Gasteiger partial charge >= 0.3 is 5.97 Å². The normalized spacial score (nSPS) is 17.2. The van der Waals surface area contributed by atoms with Gasteiger partial charge in [-0.25, -0.2) is 8.42 Å². The topological polar surface area (TPSA) is 83.5 Å². The van der Waals surface area contributed by atoms with Gasteiger partial charge in [0.2, 0.25) is 0 Å². The molecule has 0 unspecified atom stereocenters. The van der Waals surface area contributed by atoms with Crippen molar-refractivity contribution in [1.82, 2.24) is 0 Å². The van der Waals surface area contributed by atoms with Crippen LogP contribution in [0.4, 0.5) is 5.69 Å². The van der Waals surface area contributed by atoms with Gasteiger partial charge in [-0.3, -0.25) is 4.79 Å². The highest BCUT2D eigenvalue weighted by Crippen LogP contribution is 2.39. The zero-order valence-corrected chi connectivity index (χ0v) is 12.2. The Hall–Kier alpha value is -1.56. The minimum atomic E-state index is -3.32. The lowest BCUT2D eigenvalue weighted by Gasteiger charge is -2.42. The van der Waals surface area contributed by atoms with E-state index in [-0.39, 0.29) is 17.1 Å². The molecule has 1 aliphatic rings. The summed E-state index contributed by atoms with van der Waals surface area (Å²) in [4.78, 5) is 11.2. The van der Waals surface area contributed by atoms with Crippen LogP contribution >= 0.6 is 0 Å². The zero-order valence-electron chi connectivity index (χ0n) is 11.4. The Bertz CT molecular complexity index is 605. The molecule has 1 aliphatic carbocycles. The number of benzene rings is 1. The quantitative estimate of drug-likeness (QED) is 0.841. The lowest BCUT2D eigenvalue weighted by molar-refractivity contribution is -0.138. The van der Waals surface area contributed by atoms with Crippen molar-refractivity contribution in [3.8, 4) is 0 Å². The molecule has 5 nitrogen and oxygen atoms in total. The van der Waals surface area contributed by atoms with E-state index in [2.05, 4.69) is 5.32 Å². The molecule has 2 rings (SSSR count). The van der Waals surface area contributed by atoms with Gasteiger partial charge in [-0.1, -0.05) is 19.1 Å².